The summed E-state index contributed by atoms with van der Waals surface area (Å²) in [6.07, 6.45) is 14.0. The van der Waals surface area contributed by atoms with Crippen LogP contribution in [0.2, 0.25) is 0 Å². The summed E-state index contributed by atoms with van der Waals surface area (Å²) in [5.74, 6) is -4.81. The maximum atomic E-state index is 10.9. The van der Waals surface area contributed by atoms with Gasteiger partial charge >= 0.3 is 16.8 Å². The molecule has 0 aromatic rings. The first-order chi connectivity index (χ1) is 14.2. The Bertz CT molecular complexity index is 420. The van der Waals surface area contributed by atoms with Crippen LogP contribution in [0.5, 0.6) is 0 Å². The Morgan fingerprint density at radius 2 is 0.806 bits per heavy atom. The van der Waals surface area contributed by atoms with Gasteiger partial charge in [0.05, 0.1) is 23.8 Å². The Hall–Kier alpha value is -1.21. The van der Waals surface area contributed by atoms with E-state index in [9.17, 15) is 29.4 Å². The monoisotopic (exact) mass is 485 g/mol. The van der Waals surface area contributed by atoms with Crippen molar-refractivity contribution in [2.75, 3.05) is 0 Å². The van der Waals surface area contributed by atoms with Gasteiger partial charge in [-0.25, -0.2) is 0 Å². The number of carboxylic acids is 2. The average Bonchev–Trinajstić information content (AvgIpc) is 2.66. The molecule has 0 saturated carbocycles. The average molecular weight is 486 g/mol. The molecule has 0 fully saturated rings. The molecular weight excluding hydrogens is 443 g/mol. The second-order valence-electron chi connectivity index (χ2n) is 8.08. The smallest absolute Gasteiger partial charge is 0.549 e. The molecule has 0 rings (SSSR count). The zero-order valence-corrected chi connectivity index (χ0v) is 20.9. The molecule has 1 radical (unpaired) electrons. The van der Waals surface area contributed by atoms with Crippen molar-refractivity contribution in [2.24, 2.45) is 11.8 Å². The molecule has 0 aromatic carbocycles. The van der Waals surface area contributed by atoms with E-state index in [-0.39, 0.29) is 28.3 Å². The minimum Gasteiger partial charge on any atom is -0.549 e. The van der Waals surface area contributed by atoms with E-state index in [4.69, 9.17) is 0 Å². The number of hydrogen-bond donors (Lipinski definition) is 0. The summed E-state index contributed by atoms with van der Waals surface area (Å²) in [7, 11) is 0. The molecule has 0 heterocycles. The van der Waals surface area contributed by atoms with E-state index in [2.05, 4.69) is 13.8 Å². The minimum atomic E-state index is -1.23. The van der Waals surface area contributed by atoms with Gasteiger partial charge in [0.2, 0.25) is 0 Å². The van der Waals surface area contributed by atoms with Crippen molar-refractivity contribution in [1.29, 1.82) is 0 Å². The van der Waals surface area contributed by atoms with Crippen LogP contribution in [0.4, 0.5) is 0 Å². The summed E-state index contributed by atoms with van der Waals surface area (Å²) in [6.45, 7) is 6.94. The third-order valence-corrected chi connectivity index (χ3v) is 5.24. The standard InChI is InChI=1S/2C12H22O3.Co/c2*1-3-4-5-6-7-8-9-11(10(2)13)12(14)15;/h2*11H,3-9H2,1-2H3,(H,14,15);/q;;+2/p-2. The topological polar surface area (TPSA) is 114 Å². The first-order valence-electron chi connectivity index (χ1n) is 11.6. The minimum absolute atomic E-state index is 0. The number of hydrogen-bond acceptors (Lipinski definition) is 6. The molecule has 0 amide bonds. The Labute approximate surface area is 199 Å². The van der Waals surface area contributed by atoms with E-state index in [1.54, 1.807) is 0 Å². The summed E-state index contributed by atoms with van der Waals surface area (Å²) in [5.41, 5.74) is 0. The normalized spacial score (nSPS) is 12.0. The molecule has 7 heteroatoms. The van der Waals surface area contributed by atoms with E-state index in [0.29, 0.717) is 12.8 Å². The zero-order valence-electron chi connectivity index (χ0n) is 19.8. The number of aliphatic carboxylic acids is 2. The molecule has 6 nitrogen and oxygen atoms in total. The molecule has 0 aliphatic heterocycles. The van der Waals surface area contributed by atoms with Crippen LogP contribution in [0.15, 0.2) is 0 Å². The van der Waals surface area contributed by atoms with Crippen molar-refractivity contribution in [3.05, 3.63) is 0 Å². The molecule has 0 N–H and O–H groups in total. The Morgan fingerprint density at radius 1 is 0.548 bits per heavy atom. The first-order valence-corrected chi connectivity index (χ1v) is 11.6. The fraction of sp³-hybridized carbons (Fsp3) is 0.833. The predicted octanol–water partition coefficient (Wildman–Crippen LogP) is 3.38. The Kier molecular flexibility index (Phi) is 26.0. The SMILES string of the molecule is CCCCCCCCC(C(C)=O)C(=O)[O-].CCCCCCCCC(C(C)=O)C(=O)[O-].[Co+2]. The van der Waals surface area contributed by atoms with Gasteiger partial charge in [-0.3, -0.25) is 9.59 Å². The maximum Gasteiger partial charge on any atom is 2.00 e. The van der Waals surface area contributed by atoms with Crippen LogP contribution in [0.1, 0.15) is 118 Å². The van der Waals surface area contributed by atoms with Crippen molar-refractivity contribution >= 4 is 23.5 Å². The number of carbonyl (C=O) groups is 4. The number of carbonyl (C=O) groups excluding carboxylic acids is 4. The second-order valence-corrected chi connectivity index (χ2v) is 8.08. The molecule has 31 heavy (non-hydrogen) atoms. The van der Waals surface area contributed by atoms with E-state index in [1.807, 2.05) is 0 Å². The van der Waals surface area contributed by atoms with Gasteiger partial charge in [0.15, 0.2) is 0 Å². The molecule has 0 bridgehead atoms. The summed E-state index contributed by atoms with van der Waals surface area (Å²) in [4.78, 5) is 43.0. The molecule has 2 unspecified atom stereocenters. The van der Waals surface area contributed by atoms with E-state index in [0.717, 1.165) is 38.5 Å². The summed E-state index contributed by atoms with van der Waals surface area (Å²) in [5, 5.41) is 21.2. The van der Waals surface area contributed by atoms with Gasteiger partial charge < -0.3 is 19.8 Å². The number of Topliss-reactive ketones (excluding diaryl/α,β-unsaturated/α-hetero) is 2. The molecule has 0 spiro atoms. The number of rotatable bonds is 18. The number of ketones is 2. The fourth-order valence-electron chi connectivity index (χ4n) is 3.23. The number of unbranched alkanes of at least 4 members (excludes halogenated alkanes) is 10. The van der Waals surface area contributed by atoms with E-state index < -0.39 is 23.8 Å². The Morgan fingerprint density at radius 3 is 1.03 bits per heavy atom. The van der Waals surface area contributed by atoms with Crippen LogP contribution in [0.3, 0.4) is 0 Å². The molecule has 0 aliphatic carbocycles. The molecular formula is C24H42CoO6. The van der Waals surface area contributed by atoms with Gasteiger partial charge in [-0.15, -0.1) is 0 Å². The van der Waals surface area contributed by atoms with Crippen molar-refractivity contribution in [3.8, 4) is 0 Å². The Balaban J connectivity index is -0.000000490. The van der Waals surface area contributed by atoms with Crippen LogP contribution < -0.4 is 10.2 Å². The second kappa shape index (κ2) is 23.4. The van der Waals surface area contributed by atoms with Crippen molar-refractivity contribution in [2.45, 2.75) is 118 Å². The van der Waals surface area contributed by atoms with Gasteiger partial charge in [-0.05, 0) is 26.7 Å². The molecule has 0 aliphatic rings. The molecule has 0 saturated heterocycles. The quantitative estimate of drug-likeness (QED) is 0.217. The molecule has 183 valence electrons. The summed E-state index contributed by atoms with van der Waals surface area (Å²) < 4.78 is 0. The van der Waals surface area contributed by atoms with Gasteiger partial charge in [0.25, 0.3) is 0 Å². The van der Waals surface area contributed by atoms with E-state index in [1.165, 1.54) is 52.4 Å². The zero-order chi connectivity index (χ0) is 23.4. The van der Waals surface area contributed by atoms with Gasteiger partial charge in [0, 0.05) is 0 Å². The van der Waals surface area contributed by atoms with Gasteiger partial charge in [-0.1, -0.05) is 90.9 Å². The van der Waals surface area contributed by atoms with Crippen LogP contribution in [0.25, 0.3) is 0 Å². The van der Waals surface area contributed by atoms with E-state index >= 15 is 0 Å². The van der Waals surface area contributed by atoms with Crippen molar-refractivity contribution < 1.29 is 46.2 Å². The summed E-state index contributed by atoms with van der Waals surface area (Å²) in [6, 6.07) is 0. The van der Waals surface area contributed by atoms with Crippen LogP contribution >= 0.6 is 0 Å². The largest absolute Gasteiger partial charge is 2.00 e. The summed E-state index contributed by atoms with van der Waals surface area (Å²) >= 11 is 0. The van der Waals surface area contributed by atoms with Crippen LogP contribution in [0, 0.1) is 11.8 Å². The number of carboxylic acid groups (broad SMARTS) is 2. The molecule has 0 aromatic heterocycles. The fourth-order valence-corrected chi connectivity index (χ4v) is 3.23. The third-order valence-electron chi connectivity index (χ3n) is 5.24. The van der Waals surface area contributed by atoms with Gasteiger partial charge in [0.1, 0.15) is 11.6 Å². The van der Waals surface area contributed by atoms with Crippen LogP contribution in [-0.2, 0) is 36.0 Å². The predicted molar refractivity (Wildman–Crippen MR) is 114 cm³/mol. The molecule has 2 atom stereocenters. The van der Waals surface area contributed by atoms with Crippen LogP contribution in [-0.4, -0.2) is 23.5 Å². The van der Waals surface area contributed by atoms with Crippen molar-refractivity contribution in [1.82, 2.24) is 0 Å². The maximum absolute atomic E-state index is 10.9. The van der Waals surface area contributed by atoms with Crippen molar-refractivity contribution in [3.63, 3.8) is 0 Å². The third kappa shape index (κ3) is 21.8. The van der Waals surface area contributed by atoms with Gasteiger partial charge in [-0.2, -0.15) is 0 Å². The first kappa shape index (κ1) is 34.4.